The van der Waals surface area contributed by atoms with E-state index < -0.39 is 50.1 Å². The number of sulfonamides is 1. The van der Waals surface area contributed by atoms with Gasteiger partial charge in [-0.1, -0.05) is 37.6 Å². The lowest BCUT2D eigenvalue weighted by molar-refractivity contribution is -0.0842. The molecule has 5 aromatic rings. The standard InChI is InChI=1S/C53H63ClFN8O9S/c1-52(2)27-40(34-7-9-36(54)10-8-34)41(47(64)28-52)30-61-19-18-60(31-46(61)48-6-3-4-20-71-48)37-11-13-39(43(23-37)62-17-5-21-72-51-45(62)22-35-15-16-56-49(35)58-51)50(65)59-73(69,70)38-12-14-42(44(24-38)63(67)68)57-29-33-25-53(66,26-33)32-55/h7-16,22-24,33,46-48,57,64,66-67H,3-6,17-21,25-32H2,1-2H3,(H,56,58)(H,59,65)/q-1/t33?,46?,47-,48?,53?/m1/s1. The number of aliphatic hydroxyl groups is 2. The van der Waals surface area contributed by atoms with Gasteiger partial charge in [-0.25, -0.2) is 17.5 Å². The molecule has 0 radical (unpaired) electrons. The minimum Gasteiger partial charge on any atom is -0.733 e. The third-order valence-corrected chi connectivity index (χ3v) is 16.8. The Morgan fingerprint density at radius 1 is 1.00 bits per heavy atom. The van der Waals surface area contributed by atoms with Gasteiger partial charge in [0.1, 0.15) is 18.0 Å². The van der Waals surface area contributed by atoms with Crippen LogP contribution in [-0.4, -0.2) is 128 Å². The van der Waals surface area contributed by atoms with E-state index in [0.29, 0.717) is 86.7 Å². The number of allylic oxidation sites excluding steroid dienone is 1. The van der Waals surface area contributed by atoms with Crippen molar-refractivity contribution >= 4 is 72.6 Å². The normalized spacial score (nSPS) is 24.6. The van der Waals surface area contributed by atoms with Gasteiger partial charge in [0.15, 0.2) is 0 Å². The zero-order chi connectivity index (χ0) is 51.2. The van der Waals surface area contributed by atoms with Crippen LogP contribution in [0.1, 0.15) is 81.1 Å². The highest BCUT2D eigenvalue weighted by Crippen LogP contribution is 2.45. The SMILES string of the molecule is CC1(C)CC(c2ccc(Cl)cc2)=C(CN2CCN(c3ccc(C(=O)NS(=O)(=O)c4ccc(NCC5CC(O)(CF)C5)c(N([O-])O)c4)c(N4CCCOc5nc6[nH]ccc6cc54)c3)CC2C2CCCCO2)[C@H](O)C1. The second-order valence-electron chi connectivity index (χ2n) is 21.1. The Balaban J connectivity index is 0.971. The highest BCUT2D eigenvalue weighted by molar-refractivity contribution is 7.90. The molecule has 73 heavy (non-hydrogen) atoms. The molecular weight excluding hydrogens is 979 g/mol. The zero-order valence-electron chi connectivity index (χ0n) is 41.0. The number of H-pyrrole nitrogens is 1. The highest BCUT2D eigenvalue weighted by Gasteiger charge is 2.43. The molecule has 1 saturated carbocycles. The Hall–Kier alpha value is -5.51. The van der Waals surface area contributed by atoms with Gasteiger partial charge < -0.3 is 50.2 Å². The maximum atomic E-state index is 14.6. The first-order valence-electron chi connectivity index (χ1n) is 25.1. The van der Waals surface area contributed by atoms with Crippen molar-refractivity contribution in [2.24, 2.45) is 11.3 Å². The average Bonchev–Trinajstić information content (AvgIpc) is 3.73. The van der Waals surface area contributed by atoms with Gasteiger partial charge in [-0.2, -0.15) is 4.98 Å². The van der Waals surface area contributed by atoms with Crippen molar-refractivity contribution < 1.29 is 42.5 Å². The molecule has 17 nitrogen and oxygen atoms in total. The van der Waals surface area contributed by atoms with Gasteiger partial charge in [0.25, 0.3) is 15.9 Å². The van der Waals surface area contributed by atoms with E-state index >= 15 is 0 Å². The number of anilines is 5. The maximum Gasteiger partial charge on any atom is 0.267 e. The van der Waals surface area contributed by atoms with Gasteiger partial charge in [-0.05, 0) is 140 Å². The molecule has 5 heterocycles. The summed E-state index contributed by atoms with van der Waals surface area (Å²) in [5, 5.41) is 48.4. The fourth-order valence-electron chi connectivity index (χ4n) is 11.5. The molecule has 0 bridgehead atoms. The summed E-state index contributed by atoms with van der Waals surface area (Å²) in [6.45, 7) is 7.57. The number of rotatable bonds is 14. The van der Waals surface area contributed by atoms with Crippen molar-refractivity contribution in [3.05, 3.63) is 106 Å². The number of aromatic nitrogens is 2. The van der Waals surface area contributed by atoms with Gasteiger partial charge in [-0.3, -0.25) is 14.9 Å². The third kappa shape index (κ3) is 10.9. The number of hydrogen-bond donors (Lipinski definition) is 6. The number of aliphatic hydroxyl groups excluding tert-OH is 1. The number of carbonyl (C=O) groups is 1. The molecule has 1 amide bonds. The smallest absolute Gasteiger partial charge is 0.267 e. The minimum absolute atomic E-state index is 0.0517. The quantitative estimate of drug-likeness (QED) is 0.0578. The molecular formula is C53H63ClFN8O9S-. The summed E-state index contributed by atoms with van der Waals surface area (Å²) >= 11 is 6.34. The lowest BCUT2D eigenvalue weighted by Gasteiger charge is -2.48. The summed E-state index contributed by atoms with van der Waals surface area (Å²) in [6.07, 6.45) is 6.42. The first-order chi connectivity index (χ1) is 35.0. The van der Waals surface area contributed by atoms with Crippen molar-refractivity contribution in [1.29, 1.82) is 0 Å². The van der Waals surface area contributed by atoms with Crippen LogP contribution in [0.25, 0.3) is 16.6 Å². The Kier molecular flexibility index (Phi) is 14.4. The number of benzene rings is 3. The van der Waals surface area contributed by atoms with Crippen LogP contribution in [0.3, 0.4) is 0 Å². The van der Waals surface area contributed by atoms with Crippen molar-refractivity contribution in [3.63, 3.8) is 0 Å². The van der Waals surface area contributed by atoms with Crippen LogP contribution in [0, 0.1) is 16.5 Å². The predicted molar refractivity (Wildman–Crippen MR) is 279 cm³/mol. The number of alkyl halides is 1. The number of carbonyl (C=O) groups excluding carboxylic acids is 1. The second kappa shape index (κ2) is 20.7. The molecule has 2 aromatic heterocycles. The first kappa shape index (κ1) is 51.0. The molecule has 3 fully saturated rings. The Labute approximate surface area is 429 Å². The molecule has 6 N–H and O–H groups in total. The van der Waals surface area contributed by atoms with E-state index in [9.17, 15) is 38.2 Å². The van der Waals surface area contributed by atoms with E-state index in [1.165, 1.54) is 12.1 Å². The van der Waals surface area contributed by atoms with E-state index in [-0.39, 0.29) is 54.1 Å². The Bertz CT molecular complexity index is 2980. The van der Waals surface area contributed by atoms with E-state index in [2.05, 4.69) is 38.7 Å². The van der Waals surface area contributed by atoms with E-state index in [4.69, 9.17) is 26.1 Å². The van der Waals surface area contributed by atoms with Gasteiger partial charge in [0, 0.05) is 68.2 Å². The van der Waals surface area contributed by atoms with Crippen LogP contribution >= 0.6 is 11.6 Å². The molecule has 10 rings (SSSR count). The summed E-state index contributed by atoms with van der Waals surface area (Å²) in [6, 6.07) is 20.5. The Morgan fingerprint density at radius 2 is 1.81 bits per heavy atom. The van der Waals surface area contributed by atoms with Crippen LogP contribution in [0.4, 0.5) is 32.8 Å². The topological polar surface area (TPSA) is 219 Å². The summed E-state index contributed by atoms with van der Waals surface area (Å²) in [7, 11) is -4.66. The molecule has 0 spiro atoms. The number of pyridine rings is 1. The largest absolute Gasteiger partial charge is 0.733 e. The molecule has 2 saturated heterocycles. The molecule has 2 aliphatic carbocycles. The molecule has 5 aliphatic rings. The molecule has 3 aromatic carbocycles. The number of ether oxygens (including phenoxy) is 2. The minimum atomic E-state index is -4.66. The van der Waals surface area contributed by atoms with Gasteiger partial charge in [-0.15, -0.1) is 0 Å². The molecule has 3 aliphatic heterocycles. The molecule has 390 valence electrons. The van der Waals surface area contributed by atoms with Gasteiger partial charge in [0.2, 0.25) is 5.88 Å². The van der Waals surface area contributed by atoms with E-state index in [1.54, 1.807) is 12.3 Å². The number of nitrogens with one attached hydrogen (secondary N) is 3. The number of piperazine rings is 1. The fraction of sp³-hybridized carbons (Fsp3) is 0.472. The lowest BCUT2D eigenvalue weighted by Crippen LogP contribution is -2.59. The van der Waals surface area contributed by atoms with Crippen LogP contribution < -0.4 is 29.8 Å². The number of fused-ring (bicyclic) bond motifs is 2. The third-order valence-electron chi connectivity index (χ3n) is 15.2. The predicted octanol–water partition coefficient (Wildman–Crippen LogP) is 8.17. The maximum absolute atomic E-state index is 14.6. The molecule has 3 atom stereocenters. The van der Waals surface area contributed by atoms with Crippen molar-refractivity contribution in [1.82, 2.24) is 19.6 Å². The van der Waals surface area contributed by atoms with Gasteiger partial charge >= 0.3 is 0 Å². The van der Waals surface area contributed by atoms with Crippen molar-refractivity contribution in [2.45, 2.75) is 94.0 Å². The Morgan fingerprint density at radius 3 is 2.56 bits per heavy atom. The van der Waals surface area contributed by atoms with Crippen LogP contribution in [-0.2, 0) is 14.8 Å². The van der Waals surface area contributed by atoms with Crippen LogP contribution in [0.5, 0.6) is 5.88 Å². The fourth-order valence-corrected chi connectivity index (χ4v) is 12.6. The number of hydrogen-bond acceptors (Lipinski definition) is 15. The molecule has 2 unspecified atom stereocenters. The van der Waals surface area contributed by atoms with Crippen molar-refractivity contribution in [3.8, 4) is 5.88 Å². The first-order valence-corrected chi connectivity index (χ1v) is 27.0. The van der Waals surface area contributed by atoms with Crippen molar-refractivity contribution in [2.75, 3.05) is 79.5 Å². The number of amides is 1. The monoisotopic (exact) mass is 1040 g/mol. The zero-order valence-corrected chi connectivity index (χ0v) is 42.6. The number of aromatic amines is 1. The number of halogens is 2. The summed E-state index contributed by atoms with van der Waals surface area (Å²) in [4.78, 5) is 28.8. The number of nitrogens with zero attached hydrogens (tertiary/aromatic N) is 5. The summed E-state index contributed by atoms with van der Waals surface area (Å²) < 4.78 is 56.3. The van der Waals surface area contributed by atoms with Crippen LogP contribution in [0.2, 0.25) is 5.02 Å². The summed E-state index contributed by atoms with van der Waals surface area (Å²) in [5.74, 6) is -0.691. The summed E-state index contributed by atoms with van der Waals surface area (Å²) in [5.41, 5.74) is 3.92. The lowest BCUT2D eigenvalue weighted by atomic mass is 9.71. The van der Waals surface area contributed by atoms with Crippen LogP contribution in [0.15, 0.2) is 89.5 Å². The van der Waals surface area contributed by atoms with E-state index in [0.717, 1.165) is 59.5 Å². The van der Waals surface area contributed by atoms with E-state index in [1.807, 2.05) is 53.4 Å². The van der Waals surface area contributed by atoms with Gasteiger partial charge in [0.05, 0.1) is 58.0 Å². The molecule has 20 heteroatoms. The second-order valence-corrected chi connectivity index (χ2v) is 23.3. The average molecular weight is 1040 g/mol. The highest BCUT2D eigenvalue weighted by atomic mass is 35.5.